The summed E-state index contributed by atoms with van der Waals surface area (Å²) in [6.45, 7) is 1.86. The lowest BCUT2D eigenvalue weighted by atomic mass is 10.0. The van der Waals surface area contributed by atoms with Crippen LogP contribution in [0.25, 0.3) is 0 Å². The lowest BCUT2D eigenvalue weighted by Gasteiger charge is -2.16. The topological polar surface area (TPSA) is 47.9 Å². The van der Waals surface area contributed by atoms with Crippen molar-refractivity contribution in [3.8, 4) is 0 Å². The van der Waals surface area contributed by atoms with Crippen LogP contribution in [-0.2, 0) is 14.3 Å². The van der Waals surface area contributed by atoms with Crippen molar-refractivity contribution in [3.63, 3.8) is 0 Å². The molecule has 1 aromatic rings. The van der Waals surface area contributed by atoms with Crippen LogP contribution >= 0.6 is 0 Å². The van der Waals surface area contributed by atoms with Gasteiger partial charge in [0.05, 0.1) is 6.61 Å². The Kier molecular flexibility index (Phi) is 3.55. The monoisotopic (exact) mass is 255 g/mol. The van der Waals surface area contributed by atoms with Gasteiger partial charge in [-0.2, -0.15) is 0 Å². The van der Waals surface area contributed by atoms with E-state index in [1.807, 2.05) is 0 Å². The van der Waals surface area contributed by atoms with Crippen LogP contribution in [0.5, 0.6) is 0 Å². The molecule has 1 aliphatic rings. The average Bonchev–Trinajstić information content (AvgIpc) is 2.76. The molecule has 0 saturated carbocycles. The first-order valence-corrected chi connectivity index (χ1v) is 5.41. The highest BCUT2D eigenvalue weighted by molar-refractivity contribution is 5.80. The van der Waals surface area contributed by atoms with E-state index < -0.39 is 29.7 Å². The molecular weight excluding hydrogens is 244 g/mol. The first-order valence-electron chi connectivity index (χ1n) is 5.41. The molecule has 0 N–H and O–H groups in total. The molecule has 2 atom stereocenters. The van der Waals surface area contributed by atoms with Crippen LogP contribution < -0.4 is 0 Å². The Balaban J connectivity index is 2.24. The molecule has 0 saturated heterocycles. The van der Waals surface area contributed by atoms with Gasteiger partial charge in [-0.25, -0.2) is 18.6 Å². The molecule has 0 aliphatic carbocycles. The van der Waals surface area contributed by atoms with Gasteiger partial charge in [0.2, 0.25) is 0 Å². The summed E-state index contributed by atoms with van der Waals surface area (Å²) in [6, 6.07) is 2.04. The van der Waals surface area contributed by atoms with E-state index in [9.17, 15) is 13.6 Å². The van der Waals surface area contributed by atoms with E-state index in [0.29, 0.717) is 0 Å². The number of benzene rings is 1. The van der Waals surface area contributed by atoms with Gasteiger partial charge < -0.3 is 9.47 Å². The molecule has 96 valence electrons. The molecule has 0 aromatic heterocycles. The summed E-state index contributed by atoms with van der Waals surface area (Å²) in [6.07, 6.45) is 0.240. The summed E-state index contributed by atoms with van der Waals surface area (Å²) >= 11 is 0. The first-order chi connectivity index (χ1) is 8.61. The van der Waals surface area contributed by atoms with Crippen LogP contribution in [0.2, 0.25) is 0 Å². The number of hydrogen-bond donors (Lipinski definition) is 0. The van der Waals surface area contributed by atoms with Crippen molar-refractivity contribution < 1.29 is 23.0 Å². The van der Waals surface area contributed by atoms with Crippen molar-refractivity contribution in [1.29, 1.82) is 0 Å². The minimum absolute atomic E-state index is 0.203. The molecule has 1 heterocycles. The van der Waals surface area contributed by atoms with Gasteiger partial charge in [0, 0.05) is 11.6 Å². The fourth-order valence-electron chi connectivity index (χ4n) is 1.73. The van der Waals surface area contributed by atoms with Crippen molar-refractivity contribution in [2.45, 2.75) is 19.1 Å². The van der Waals surface area contributed by atoms with Crippen LogP contribution in [0, 0.1) is 11.6 Å². The third-order valence-corrected chi connectivity index (χ3v) is 2.46. The molecule has 4 nitrogen and oxygen atoms in total. The smallest absolute Gasteiger partial charge is 0.335 e. The maximum absolute atomic E-state index is 13.1. The van der Waals surface area contributed by atoms with E-state index in [1.165, 1.54) is 0 Å². The van der Waals surface area contributed by atoms with E-state index in [1.54, 1.807) is 6.92 Å². The highest BCUT2D eigenvalue weighted by atomic mass is 19.1. The van der Waals surface area contributed by atoms with Gasteiger partial charge in [0.1, 0.15) is 11.6 Å². The van der Waals surface area contributed by atoms with Crippen molar-refractivity contribution in [1.82, 2.24) is 0 Å². The standard InChI is InChI=1S/C12H11F2NO3/c1-2-17-12(16)10-11(18-6-15-10)7-3-8(13)5-9(14)4-7/h3-6,10-11H,2H2,1H3. The summed E-state index contributed by atoms with van der Waals surface area (Å²) in [4.78, 5) is 15.4. The predicted molar refractivity (Wildman–Crippen MR) is 59.1 cm³/mol. The Bertz CT molecular complexity index is 470. The minimum atomic E-state index is -0.925. The van der Waals surface area contributed by atoms with Gasteiger partial charge in [-0.15, -0.1) is 0 Å². The number of halogens is 2. The maximum Gasteiger partial charge on any atom is 0.335 e. The fraction of sp³-hybridized carbons (Fsp3) is 0.333. The predicted octanol–water partition coefficient (Wildman–Crippen LogP) is 2.00. The summed E-state index contributed by atoms with van der Waals surface area (Å²) in [5.74, 6) is -2.05. The van der Waals surface area contributed by atoms with Gasteiger partial charge in [0.25, 0.3) is 0 Å². The number of aliphatic imine (C=N–C) groups is 1. The van der Waals surface area contributed by atoms with Crippen molar-refractivity contribution in [3.05, 3.63) is 35.4 Å². The zero-order valence-corrected chi connectivity index (χ0v) is 9.60. The Morgan fingerprint density at radius 2 is 2.06 bits per heavy atom. The van der Waals surface area contributed by atoms with Crippen molar-refractivity contribution in [2.24, 2.45) is 4.99 Å². The van der Waals surface area contributed by atoms with E-state index >= 15 is 0 Å². The number of nitrogens with zero attached hydrogens (tertiary/aromatic N) is 1. The number of carbonyl (C=O) groups is 1. The Hall–Kier alpha value is -1.98. The first kappa shape index (κ1) is 12.5. The summed E-state index contributed by atoms with van der Waals surface area (Å²) in [5.41, 5.74) is 0.211. The van der Waals surface area contributed by atoms with Crippen LogP contribution in [0.15, 0.2) is 23.2 Å². The number of esters is 1. The maximum atomic E-state index is 13.1. The number of ether oxygens (including phenoxy) is 2. The third kappa shape index (κ3) is 2.47. The number of carbonyl (C=O) groups excluding carboxylic acids is 1. The van der Waals surface area contributed by atoms with Gasteiger partial charge in [-0.05, 0) is 19.1 Å². The molecular formula is C12H11F2NO3. The normalized spacial score (nSPS) is 21.7. The molecule has 18 heavy (non-hydrogen) atoms. The van der Waals surface area contributed by atoms with Gasteiger partial charge in [-0.1, -0.05) is 0 Å². The second-order valence-corrected chi connectivity index (χ2v) is 3.71. The van der Waals surface area contributed by atoms with Crippen LogP contribution in [0.4, 0.5) is 8.78 Å². The highest BCUT2D eigenvalue weighted by Gasteiger charge is 2.35. The Morgan fingerprint density at radius 3 is 2.67 bits per heavy atom. The van der Waals surface area contributed by atoms with Gasteiger partial charge in [0.15, 0.2) is 18.5 Å². The Morgan fingerprint density at radius 1 is 1.39 bits per heavy atom. The fourth-order valence-corrected chi connectivity index (χ4v) is 1.73. The molecule has 2 rings (SSSR count). The minimum Gasteiger partial charge on any atom is -0.473 e. The molecule has 6 heteroatoms. The molecule has 1 aliphatic heterocycles. The third-order valence-electron chi connectivity index (χ3n) is 2.46. The molecule has 0 amide bonds. The van der Waals surface area contributed by atoms with Crippen LogP contribution in [-0.4, -0.2) is 25.0 Å². The molecule has 0 bridgehead atoms. The van der Waals surface area contributed by atoms with Gasteiger partial charge in [-0.3, -0.25) is 0 Å². The largest absolute Gasteiger partial charge is 0.473 e. The molecule has 2 unspecified atom stereocenters. The van der Waals surface area contributed by atoms with Gasteiger partial charge >= 0.3 is 5.97 Å². The SMILES string of the molecule is CCOC(=O)C1N=COC1c1cc(F)cc(F)c1. The van der Waals surface area contributed by atoms with Crippen molar-refractivity contribution >= 4 is 12.4 Å². The zero-order chi connectivity index (χ0) is 13.1. The van der Waals surface area contributed by atoms with Crippen molar-refractivity contribution in [2.75, 3.05) is 6.61 Å². The highest BCUT2D eigenvalue weighted by Crippen LogP contribution is 2.28. The second-order valence-electron chi connectivity index (χ2n) is 3.71. The molecule has 0 radical (unpaired) electrons. The quantitative estimate of drug-likeness (QED) is 0.776. The average molecular weight is 255 g/mol. The van der Waals surface area contributed by atoms with E-state index in [2.05, 4.69) is 4.99 Å². The van der Waals surface area contributed by atoms with Crippen LogP contribution in [0.3, 0.4) is 0 Å². The van der Waals surface area contributed by atoms with E-state index in [4.69, 9.17) is 9.47 Å². The summed E-state index contributed by atoms with van der Waals surface area (Å²) in [7, 11) is 0. The Labute approximate surface area is 102 Å². The zero-order valence-electron chi connectivity index (χ0n) is 9.60. The summed E-state index contributed by atoms with van der Waals surface area (Å²) < 4.78 is 36.1. The molecule has 0 fully saturated rings. The van der Waals surface area contributed by atoms with Crippen LogP contribution in [0.1, 0.15) is 18.6 Å². The number of hydrogen-bond acceptors (Lipinski definition) is 4. The summed E-state index contributed by atoms with van der Waals surface area (Å²) in [5, 5.41) is 0. The molecule has 0 spiro atoms. The van der Waals surface area contributed by atoms with E-state index in [0.717, 1.165) is 24.6 Å². The lowest BCUT2D eigenvalue weighted by molar-refractivity contribution is -0.146. The van der Waals surface area contributed by atoms with E-state index in [-0.39, 0.29) is 12.2 Å². The number of rotatable bonds is 3. The molecule has 1 aromatic carbocycles. The lowest BCUT2D eigenvalue weighted by Crippen LogP contribution is -2.26. The second kappa shape index (κ2) is 5.12.